The highest BCUT2D eigenvalue weighted by Gasteiger charge is 2.35. The van der Waals surface area contributed by atoms with Gasteiger partial charge in [0.15, 0.2) is 12.4 Å². The van der Waals surface area contributed by atoms with E-state index in [0.29, 0.717) is 11.3 Å². The molecule has 0 radical (unpaired) electrons. The Labute approximate surface area is 217 Å². The molecular weight excluding hydrogens is 468 g/mol. The smallest absolute Gasteiger partial charge is 0.341 e. The molecule has 0 aromatic heterocycles. The minimum atomic E-state index is -1.03. The number of piperazine rings is 1. The van der Waals surface area contributed by atoms with E-state index in [2.05, 4.69) is 23.6 Å². The van der Waals surface area contributed by atoms with Gasteiger partial charge in [0, 0.05) is 37.3 Å². The Balaban J connectivity index is 1.66. The first kappa shape index (κ1) is 26.4. The largest absolute Gasteiger partial charge is 0.508 e. The van der Waals surface area contributed by atoms with Crippen LogP contribution in [0.2, 0.25) is 0 Å². The number of aromatic hydroxyl groups is 1. The second-order valence-corrected chi connectivity index (χ2v) is 9.83. The number of carbonyl (C=O) groups is 2. The van der Waals surface area contributed by atoms with E-state index in [4.69, 9.17) is 9.84 Å². The molecule has 1 fully saturated rings. The molecule has 1 aliphatic rings. The minimum absolute atomic E-state index is 0.0106. The first-order valence-electron chi connectivity index (χ1n) is 12.5. The summed E-state index contributed by atoms with van der Waals surface area (Å²) in [5.41, 5.74) is 3.71. The maximum atomic E-state index is 12.2. The highest BCUT2D eigenvalue weighted by Crippen LogP contribution is 2.35. The zero-order valence-corrected chi connectivity index (χ0v) is 21.5. The second kappa shape index (κ2) is 11.6. The van der Waals surface area contributed by atoms with Gasteiger partial charge in [-0.25, -0.2) is 4.79 Å². The van der Waals surface area contributed by atoms with Crippen LogP contribution in [-0.2, 0) is 11.3 Å². The van der Waals surface area contributed by atoms with Crippen molar-refractivity contribution in [3.63, 3.8) is 0 Å². The molecule has 7 heteroatoms. The van der Waals surface area contributed by atoms with Gasteiger partial charge in [0.2, 0.25) is 0 Å². The van der Waals surface area contributed by atoms with Gasteiger partial charge in [-0.2, -0.15) is 0 Å². The van der Waals surface area contributed by atoms with E-state index in [9.17, 15) is 14.7 Å². The van der Waals surface area contributed by atoms with Crippen LogP contribution in [0.3, 0.4) is 0 Å². The summed E-state index contributed by atoms with van der Waals surface area (Å²) in [6, 6.07) is 22.9. The van der Waals surface area contributed by atoms with Gasteiger partial charge in [-0.05, 0) is 67.8 Å². The number of carbonyl (C=O) groups excluding carboxylic acids is 1. The number of carboxylic acids is 1. The van der Waals surface area contributed by atoms with Crippen molar-refractivity contribution in [3.8, 4) is 11.5 Å². The molecule has 0 saturated carbocycles. The summed E-state index contributed by atoms with van der Waals surface area (Å²) < 4.78 is 5.48. The fourth-order valence-corrected chi connectivity index (χ4v) is 5.12. The van der Waals surface area contributed by atoms with Crippen molar-refractivity contribution >= 4 is 11.8 Å². The van der Waals surface area contributed by atoms with Gasteiger partial charge < -0.3 is 14.9 Å². The molecule has 3 atom stereocenters. The quantitative estimate of drug-likeness (QED) is 0.409. The summed E-state index contributed by atoms with van der Waals surface area (Å²) in [5.74, 6) is -0.249. The van der Waals surface area contributed by atoms with E-state index in [-0.39, 0.29) is 29.7 Å². The summed E-state index contributed by atoms with van der Waals surface area (Å²) >= 11 is 0. The van der Waals surface area contributed by atoms with E-state index in [0.717, 1.165) is 36.3 Å². The van der Waals surface area contributed by atoms with E-state index in [1.165, 1.54) is 0 Å². The zero-order chi connectivity index (χ0) is 26.5. The Bertz CT molecular complexity index is 1260. The molecule has 0 spiro atoms. The summed E-state index contributed by atoms with van der Waals surface area (Å²) in [6.45, 7) is 7.93. The predicted molar refractivity (Wildman–Crippen MR) is 142 cm³/mol. The van der Waals surface area contributed by atoms with Crippen molar-refractivity contribution in [1.29, 1.82) is 0 Å². The van der Waals surface area contributed by atoms with Crippen LogP contribution in [0.25, 0.3) is 0 Å². The lowest BCUT2D eigenvalue weighted by molar-refractivity contribution is -0.139. The number of benzene rings is 3. The molecule has 7 nitrogen and oxygen atoms in total. The van der Waals surface area contributed by atoms with E-state index in [1.807, 2.05) is 60.7 Å². The SMILES string of the molecule is CC(=O)c1cccc(C(c2cccc(OCC(=O)O)c2)N2C[C@@H](C)N(Cc3cccc(O)c3)C[C@@H]2C)c1. The van der Waals surface area contributed by atoms with Crippen LogP contribution in [-0.4, -0.2) is 63.5 Å². The van der Waals surface area contributed by atoms with Crippen molar-refractivity contribution in [2.45, 2.75) is 45.4 Å². The number of rotatable bonds is 9. The number of hydrogen-bond donors (Lipinski definition) is 2. The van der Waals surface area contributed by atoms with Gasteiger partial charge in [-0.15, -0.1) is 0 Å². The molecule has 3 aromatic rings. The Morgan fingerprint density at radius 1 is 0.946 bits per heavy atom. The maximum absolute atomic E-state index is 12.2. The van der Waals surface area contributed by atoms with Crippen molar-refractivity contribution in [3.05, 3.63) is 95.1 Å². The highest BCUT2D eigenvalue weighted by atomic mass is 16.5. The summed E-state index contributed by atoms with van der Waals surface area (Å²) in [7, 11) is 0. The standard InChI is InChI=1S/C30H34N2O5/c1-20-17-32(21(2)16-31(20)18-23-7-4-11-27(34)13-23)30(25-9-5-8-24(14-25)22(3)33)26-10-6-12-28(15-26)37-19-29(35)36/h4-15,20-21,30,34H,16-19H2,1-3H3,(H,35,36)/t20-,21+,30?/m1/s1. The molecule has 2 N–H and O–H groups in total. The molecule has 0 amide bonds. The van der Waals surface area contributed by atoms with Crippen molar-refractivity contribution in [2.75, 3.05) is 19.7 Å². The molecule has 4 rings (SSSR count). The third-order valence-electron chi connectivity index (χ3n) is 6.94. The van der Waals surface area contributed by atoms with Crippen LogP contribution < -0.4 is 4.74 Å². The van der Waals surface area contributed by atoms with Gasteiger partial charge in [0.05, 0.1) is 6.04 Å². The number of Topliss-reactive ketones (excluding diaryl/α,β-unsaturated/α-hetero) is 1. The number of ether oxygens (including phenoxy) is 1. The van der Waals surface area contributed by atoms with Gasteiger partial charge in [-0.3, -0.25) is 14.6 Å². The molecule has 37 heavy (non-hydrogen) atoms. The summed E-state index contributed by atoms with van der Waals surface area (Å²) in [4.78, 5) is 28.1. The molecule has 1 unspecified atom stereocenters. The lowest BCUT2D eigenvalue weighted by Gasteiger charge is -2.47. The number of hydrogen-bond acceptors (Lipinski definition) is 6. The number of aliphatic carboxylic acids is 1. The minimum Gasteiger partial charge on any atom is -0.508 e. The summed E-state index contributed by atoms with van der Waals surface area (Å²) in [6.07, 6.45) is 0. The predicted octanol–water partition coefficient (Wildman–Crippen LogP) is 4.74. The van der Waals surface area contributed by atoms with Crippen LogP contribution in [0.4, 0.5) is 0 Å². The molecule has 1 aliphatic heterocycles. The van der Waals surface area contributed by atoms with Crippen molar-refractivity contribution in [2.24, 2.45) is 0 Å². The monoisotopic (exact) mass is 502 g/mol. The lowest BCUT2D eigenvalue weighted by Crippen LogP contribution is -2.56. The van der Waals surface area contributed by atoms with E-state index < -0.39 is 12.6 Å². The van der Waals surface area contributed by atoms with Gasteiger partial charge in [0.25, 0.3) is 0 Å². The van der Waals surface area contributed by atoms with Crippen LogP contribution >= 0.6 is 0 Å². The van der Waals surface area contributed by atoms with Crippen molar-refractivity contribution < 1.29 is 24.5 Å². The molecular formula is C30H34N2O5. The highest BCUT2D eigenvalue weighted by molar-refractivity contribution is 5.94. The average molecular weight is 503 g/mol. The Kier molecular flexibility index (Phi) is 8.26. The topological polar surface area (TPSA) is 90.3 Å². The Morgan fingerprint density at radius 2 is 1.65 bits per heavy atom. The van der Waals surface area contributed by atoms with Gasteiger partial charge in [-0.1, -0.05) is 42.5 Å². The second-order valence-electron chi connectivity index (χ2n) is 9.83. The van der Waals surface area contributed by atoms with Crippen LogP contribution in [0, 0.1) is 0 Å². The summed E-state index contributed by atoms with van der Waals surface area (Å²) in [5, 5.41) is 18.9. The molecule has 194 valence electrons. The molecule has 3 aromatic carbocycles. The first-order chi connectivity index (χ1) is 17.7. The van der Waals surface area contributed by atoms with E-state index >= 15 is 0 Å². The van der Waals surface area contributed by atoms with Crippen molar-refractivity contribution in [1.82, 2.24) is 9.80 Å². The molecule has 1 heterocycles. The van der Waals surface area contributed by atoms with Crippen LogP contribution in [0.5, 0.6) is 11.5 Å². The fourth-order valence-electron chi connectivity index (χ4n) is 5.12. The van der Waals surface area contributed by atoms with Gasteiger partial charge >= 0.3 is 5.97 Å². The molecule has 1 saturated heterocycles. The number of phenols is 1. The fraction of sp³-hybridized carbons (Fsp3) is 0.333. The zero-order valence-electron chi connectivity index (χ0n) is 21.5. The van der Waals surface area contributed by atoms with Crippen LogP contribution in [0.1, 0.15) is 53.9 Å². The third-order valence-corrected chi connectivity index (χ3v) is 6.94. The Hall–Kier alpha value is -3.68. The first-order valence-corrected chi connectivity index (χ1v) is 12.5. The number of nitrogens with zero attached hydrogens (tertiary/aromatic N) is 2. The maximum Gasteiger partial charge on any atom is 0.341 e. The van der Waals surface area contributed by atoms with E-state index in [1.54, 1.807) is 19.1 Å². The van der Waals surface area contributed by atoms with Gasteiger partial charge in [0.1, 0.15) is 11.5 Å². The average Bonchev–Trinajstić information content (AvgIpc) is 2.86. The lowest BCUT2D eigenvalue weighted by atomic mass is 9.92. The van der Waals surface area contributed by atoms with Crippen LogP contribution in [0.15, 0.2) is 72.8 Å². The number of ketones is 1. The Morgan fingerprint density at radius 3 is 2.35 bits per heavy atom. The number of phenolic OH excluding ortho intramolecular Hbond substituents is 1. The number of carboxylic acid groups (broad SMARTS) is 1. The molecule has 0 bridgehead atoms. The normalized spacial score (nSPS) is 19.3. The third kappa shape index (κ3) is 6.56. The molecule has 0 aliphatic carbocycles.